The van der Waals surface area contributed by atoms with Crippen LogP contribution in [0, 0.1) is 17.8 Å². The minimum Gasteiger partial charge on any atom is -0.481 e. The van der Waals surface area contributed by atoms with Gasteiger partial charge in [-0.3, -0.25) is 9.59 Å². The Balaban J connectivity index is 1.59. The monoisotopic (exact) mass is 315 g/mol. The molecule has 0 bridgehead atoms. The Hall–Kier alpha value is -1.84. The summed E-state index contributed by atoms with van der Waals surface area (Å²) in [4.78, 5) is 23.6. The van der Waals surface area contributed by atoms with E-state index in [-0.39, 0.29) is 18.2 Å². The molecule has 2 saturated carbocycles. The van der Waals surface area contributed by atoms with E-state index < -0.39 is 12.0 Å². The Morgan fingerprint density at radius 3 is 2.48 bits per heavy atom. The van der Waals surface area contributed by atoms with Crippen LogP contribution in [-0.2, 0) is 9.59 Å². The molecule has 2 aliphatic rings. The molecule has 1 aromatic carbocycles. The number of carbonyl (C=O) groups is 2. The summed E-state index contributed by atoms with van der Waals surface area (Å²) in [6.07, 6.45) is 7.33. The SMILES string of the molecule is O=C(O)CC(NC(=O)C1CC1C1CCCCC1)c1ccccc1. The average Bonchev–Trinajstić information content (AvgIpc) is 3.36. The third-order valence-corrected chi connectivity index (χ3v) is 5.33. The highest BCUT2D eigenvalue weighted by Gasteiger charge is 2.47. The standard InChI is InChI=1S/C19H25NO3/c21-18(22)12-17(14-9-5-2-6-10-14)20-19(23)16-11-15(16)13-7-3-1-4-8-13/h2,5-6,9-10,13,15-17H,1,3-4,7-8,11-12H2,(H,20,23)(H,21,22). The van der Waals surface area contributed by atoms with Gasteiger partial charge in [-0.05, 0) is 23.8 Å². The lowest BCUT2D eigenvalue weighted by Crippen LogP contribution is -2.32. The van der Waals surface area contributed by atoms with Crippen molar-refractivity contribution in [2.45, 2.75) is 51.0 Å². The van der Waals surface area contributed by atoms with Crippen molar-refractivity contribution in [3.05, 3.63) is 35.9 Å². The van der Waals surface area contributed by atoms with Gasteiger partial charge in [0.05, 0.1) is 12.5 Å². The number of hydrogen-bond donors (Lipinski definition) is 2. The Bertz CT molecular complexity index is 551. The van der Waals surface area contributed by atoms with Gasteiger partial charge in [-0.1, -0.05) is 62.4 Å². The molecule has 3 unspecified atom stereocenters. The Morgan fingerprint density at radius 2 is 1.83 bits per heavy atom. The van der Waals surface area contributed by atoms with Crippen molar-refractivity contribution in [3.63, 3.8) is 0 Å². The smallest absolute Gasteiger partial charge is 0.305 e. The number of carboxylic acid groups (broad SMARTS) is 1. The highest BCUT2D eigenvalue weighted by Crippen LogP contribution is 2.49. The van der Waals surface area contributed by atoms with Crippen molar-refractivity contribution < 1.29 is 14.7 Å². The van der Waals surface area contributed by atoms with E-state index in [1.165, 1.54) is 32.1 Å². The fraction of sp³-hybridized carbons (Fsp3) is 0.579. The molecular weight excluding hydrogens is 290 g/mol. The van der Waals surface area contributed by atoms with E-state index in [0.717, 1.165) is 12.0 Å². The van der Waals surface area contributed by atoms with E-state index in [4.69, 9.17) is 5.11 Å². The minimum atomic E-state index is -0.890. The van der Waals surface area contributed by atoms with Crippen molar-refractivity contribution in [3.8, 4) is 0 Å². The van der Waals surface area contributed by atoms with Crippen molar-refractivity contribution in [1.29, 1.82) is 0 Å². The predicted octanol–water partition coefficient (Wildman–Crippen LogP) is 3.54. The Morgan fingerprint density at radius 1 is 1.13 bits per heavy atom. The molecule has 0 heterocycles. The topological polar surface area (TPSA) is 66.4 Å². The van der Waals surface area contributed by atoms with Crippen LogP contribution in [0.3, 0.4) is 0 Å². The molecule has 3 rings (SSSR count). The second kappa shape index (κ2) is 7.16. The molecule has 0 saturated heterocycles. The number of benzene rings is 1. The Kier molecular flexibility index (Phi) is 4.99. The van der Waals surface area contributed by atoms with E-state index >= 15 is 0 Å². The number of nitrogens with one attached hydrogen (secondary N) is 1. The van der Waals surface area contributed by atoms with Gasteiger partial charge in [-0.15, -0.1) is 0 Å². The summed E-state index contributed by atoms with van der Waals surface area (Å²) >= 11 is 0. The number of carbonyl (C=O) groups excluding carboxylic acids is 1. The molecule has 2 aliphatic carbocycles. The summed E-state index contributed by atoms with van der Waals surface area (Å²) < 4.78 is 0. The number of hydrogen-bond acceptors (Lipinski definition) is 2. The maximum Gasteiger partial charge on any atom is 0.305 e. The van der Waals surface area contributed by atoms with Crippen molar-refractivity contribution in [1.82, 2.24) is 5.32 Å². The molecule has 4 heteroatoms. The van der Waals surface area contributed by atoms with Crippen LogP contribution < -0.4 is 5.32 Å². The maximum atomic E-state index is 12.5. The van der Waals surface area contributed by atoms with E-state index in [2.05, 4.69) is 5.32 Å². The largest absolute Gasteiger partial charge is 0.481 e. The van der Waals surface area contributed by atoms with Crippen LogP contribution >= 0.6 is 0 Å². The zero-order chi connectivity index (χ0) is 16.2. The zero-order valence-corrected chi connectivity index (χ0v) is 13.4. The first-order valence-electron chi connectivity index (χ1n) is 8.72. The van der Waals surface area contributed by atoms with Crippen LogP contribution in [0.2, 0.25) is 0 Å². The van der Waals surface area contributed by atoms with Crippen LogP contribution in [-0.4, -0.2) is 17.0 Å². The van der Waals surface area contributed by atoms with Crippen LogP contribution in [0.4, 0.5) is 0 Å². The lowest BCUT2D eigenvalue weighted by atomic mass is 9.85. The molecule has 1 aromatic rings. The molecule has 124 valence electrons. The molecule has 3 atom stereocenters. The molecule has 2 fully saturated rings. The van der Waals surface area contributed by atoms with Gasteiger partial charge in [-0.2, -0.15) is 0 Å². The molecule has 4 nitrogen and oxygen atoms in total. The van der Waals surface area contributed by atoms with Crippen LogP contribution in [0.1, 0.15) is 56.6 Å². The number of rotatable bonds is 6. The highest BCUT2D eigenvalue weighted by atomic mass is 16.4. The first kappa shape index (κ1) is 16.0. The van der Waals surface area contributed by atoms with E-state index in [1.54, 1.807) is 0 Å². The summed E-state index contributed by atoms with van der Waals surface area (Å²) in [7, 11) is 0. The second-order valence-electron chi connectivity index (χ2n) is 6.97. The van der Waals surface area contributed by atoms with Gasteiger partial charge in [-0.25, -0.2) is 0 Å². The van der Waals surface area contributed by atoms with E-state index in [9.17, 15) is 9.59 Å². The molecule has 0 spiro atoms. The highest BCUT2D eigenvalue weighted by molar-refractivity contribution is 5.82. The predicted molar refractivity (Wildman–Crippen MR) is 87.8 cm³/mol. The van der Waals surface area contributed by atoms with Gasteiger partial charge >= 0.3 is 5.97 Å². The van der Waals surface area contributed by atoms with Crippen LogP contribution in [0.15, 0.2) is 30.3 Å². The molecular formula is C19H25NO3. The molecule has 1 amide bonds. The lowest BCUT2D eigenvalue weighted by molar-refractivity contribution is -0.137. The second-order valence-corrected chi connectivity index (χ2v) is 6.97. The third kappa shape index (κ3) is 4.12. The van der Waals surface area contributed by atoms with E-state index in [0.29, 0.717) is 11.8 Å². The van der Waals surface area contributed by atoms with Gasteiger partial charge < -0.3 is 10.4 Å². The minimum absolute atomic E-state index is 0.0377. The van der Waals surface area contributed by atoms with Crippen molar-refractivity contribution in [2.24, 2.45) is 17.8 Å². The number of aliphatic carboxylic acids is 1. The molecule has 0 aromatic heterocycles. The molecule has 2 N–H and O–H groups in total. The fourth-order valence-electron chi connectivity index (χ4n) is 3.99. The summed E-state index contributed by atoms with van der Waals surface area (Å²) in [5, 5.41) is 12.1. The van der Waals surface area contributed by atoms with Crippen molar-refractivity contribution >= 4 is 11.9 Å². The summed E-state index contributed by atoms with van der Waals surface area (Å²) in [6.45, 7) is 0. The molecule has 23 heavy (non-hydrogen) atoms. The summed E-state index contributed by atoms with van der Waals surface area (Å²) in [5.74, 6) is 0.471. The zero-order valence-electron chi connectivity index (χ0n) is 13.4. The van der Waals surface area contributed by atoms with Gasteiger partial charge in [0.2, 0.25) is 5.91 Å². The lowest BCUT2D eigenvalue weighted by Gasteiger charge is -2.22. The van der Waals surface area contributed by atoms with Gasteiger partial charge in [0.1, 0.15) is 0 Å². The normalized spacial score (nSPS) is 25.6. The third-order valence-electron chi connectivity index (χ3n) is 5.33. The summed E-state index contributed by atoms with van der Waals surface area (Å²) in [6, 6.07) is 8.95. The van der Waals surface area contributed by atoms with Crippen LogP contribution in [0.25, 0.3) is 0 Å². The maximum absolute atomic E-state index is 12.5. The first-order chi connectivity index (χ1) is 11.1. The van der Waals surface area contributed by atoms with E-state index in [1.807, 2.05) is 30.3 Å². The summed E-state index contributed by atoms with van der Waals surface area (Å²) in [5.41, 5.74) is 0.859. The molecule has 0 aliphatic heterocycles. The number of carboxylic acids is 1. The first-order valence-corrected chi connectivity index (χ1v) is 8.72. The van der Waals surface area contributed by atoms with Gasteiger partial charge in [0, 0.05) is 5.92 Å². The average molecular weight is 315 g/mol. The molecule has 0 radical (unpaired) electrons. The van der Waals surface area contributed by atoms with Crippen LogP contribution in [0.5, 0.6) is 0 Å². The Labute approximate surface area is 137 Å². The van der Waals surface area contributed by atoms with Gasteiger partial charge in [0.25, 0.3) is 0 Å². The van der Waals surface area contributed by atoms with Crippen molar-refractivity contribution in [2.75, 3.05) is 0 Å². The van der Waals surface area contributed by atoms with Gasteiger partial charge in [0.15, 0.2) is 0 Å². The number of amides is 1. The quantitative estimate of drug-likeness (QED) is 0.844. The fourth-order valence-corrected chi connectivity index (χ4v) is 3.99.